The first-order valence-electron chi connectivity index (χ1n) is 9.97. The minimum Gasteiger partial charge on any atom is -0.351 e. The van der Waals surface area contributed by atoms with Gasteiger partial charge in [-0.3, -0.25) is 14.3 Å². The Kier molecular flexibility index (Phi) is 4.91. The van der Waals surface area contributed by atoms with Gasteiger partial charge in [-0.15, -0.1) is 0 Å². The van der Waals surface area contributed by atoms with Crippen molar-refractivity contribution in [3.63, 3.8) is 0 Å². The normalized spacial score (nSPS) is 10.9. The number of urea groups is 1. The van der Waals surface area contributed by atoms with E-state index in [1.165, 1.54) is 16.7 Å². The average molecular weight is 440 g/mol. The SMILES string of the molecule is NC(=O)Nc1cccc(-n2cc(-c3ccc(F)cc3)cc(-c3nc4ccncc4[nH]3)c2=O)c1. The van der Waals surface area contributed by atoms with E-state index in [1.54, 1.807) is 67.1 Å². The second kappa shape index (κ2) is 8.04. The molecule has 33 heavy (non-hydrogen) atoms. The smallest absolute Gasteiger partial charge is 0.316 e. The molecule has 0 unspecified atom stereocenters. The van der Waals surface area contributed by atoms with Crippen LogP contribution in [0.25, 0.3) is 39.2 Å². The zero-order chi connectivity index (χ0) is 22.9. The Morgan fingerprint density at radius 3 is 2.64 bits per heavy atom. The second-order valence-electron chi connectivity index (χ2n) is 7.34. The van der Waals surface area contributed by atoms with Crippen LogP contribution in [-0.4, -0.2) is 25.6 Å². The quantitative estimate of drug-likeness (QED) is 0.390. The van der Waals surface area contributed by atoms with Crippen molar-refractivity contribution < 1.29 is 9.18 Å². The van der Waals surface area contributed by atoms with Gasteiger partial charge in [0.2, 0.25) is 0 Å². The lowest BCUT2D eigenvalue weighted by atomic mass is 10.0. The van der Waals surface area contributed by atoms with Gasteiger partial charge in [-0.1, -0.05) is 18.2 Å². The van der Waals surface area contributed by atoms with Gasteiger partial charge in [0, 0.05) is 18.1 Å². The molecule has 0 atom stereocenters. The maximum Gasteiger partial charge on any atom is 0.316 e. The molecule has 4 N–H and O–H groups in total. The molecule has 2 aromatic carbocycles. The molecule has 0 aliphatic rings. The van der Waals surface area contributed by atoms with E-state index in [9.17, 15) is 14.0 Å². The molecule has 0 aliphatic heterocycles. The number of fused-ring (bicyclic) bond motifs is 1. The first-order chi connectivity index (χ1) is 16.0. The summed E-state index contributed by atoms with van der Waals surface area (Å²) in [7, 11) is 0. The highest BCUT2D eigenvalue weighted by Gasteiger charge is 2.15. The Bertz CT molecular complexity index is 1520. The molecule has 3 aromatic heterocycles. The van der Waals surface area contributed by atoms with Crippen molar-refractivity contribution in [1.82, 2.24) is 19.5 Å². The molecule has 0 radical (unpaired) electrons. The van der Waals surface area contributed by atoms with Gasteiger partial charge in [-0.05, 0) is 53.6 Å². The number of nitrogens with zero attached hydrogens (tertiary/aromatic N) is 3. The number of imidazole rings is 1. The number of amides is 2. The third-order valence-electron chi connectivity index (χ3n) is 5.13. The van der Waals surface area contributed by atoms with E-state index in [0.29, 0.717) is 39.4 Å². The molecule has 5 aromatic rings. The Morgan fingerprint density at radius 2 is 1.88 bits per heavy atom. The van der Waals surface area contributed by atoms with Crippen molar-refractivity contribution in [1.29, 1.82) is 0 Å². The molecule has 5 rings (SSSR count). The standard InChI is InChI=1S/C24H17FN6O2/c25-16-6-4-14(5-7-16)15-10-19(22-29-20-8-9-27-12-21(20)30-22)23(32)31(13-15)18-3-1-2-17(11-18)28-24(26)33/h1-13H,(H,29,30)(H3,26,28,33). The van der Waals surface area contributed by atoms with Gasteiger partial charge in [0.05, 0.1) is 28.5 Å². The van der Waals surface area contributed by atoms with Crippen molar-refractivity contribution in [2.45, 2.75) is 0 Å². The third-order valence-corrected chi connectivity index (χ3v) is 5.13. The number of hydrogen-bond acceptors (Lipinski definition) is 4. The highest BCUT2D eigenvalue weighted by Crippen LogP contribution is 2.26. The average Bonchev–Trinajstić information content (AvgIpc) is 3.24. The lowest BCUT2D eigenvalue weighted by molar-refractivity contribution is 0.259. The molecule has 0 spiro atoms. The van der Waals surface area contributed by atoms with Crippen LogP contribution in [0.5, 0.6) is 0 Å². The molecule has 2 amide bonds. The van der Waals surface area contributed by atoms with E-state index in [0.717, 1.165) is 5.56 Å². The lowest BCUT2D eigenvalue weighted by Crippen LogP contribution is -2.22. The van der Waals surface area contributed by atoms with E-state index in [2.05, 4.69) is 20.3 Å². The minimum absolute atomic E-state index is 0.321. The van der Waals surface area contributed by atoms with Crippen molar-refractivity contribution >= 4 is 22.8 Å². The van der Waals surface area contributed by atoms with E-state index in [1.807, 2.05) is 0 Å². The first-order valence-corrected chi connectivity index (χ1v) is 9.97. The summed E-state index contributed by atoms with van der Waals surface area (Å²) < 4.78 is 15.0. The molecule has 0 aliphatic carbocycles. The van der Waals surface area contributed by atoms with Gasteiger partial charge in [-0.2, -0.15) is 0 Å². The first kappa shape index (κ1) is 20.1. The van der Waals surface area contributed by atoms with E-state index in [4.69, 9.17) is 5.73 Å². The summed E-state index contributed by atoms with van der Waals surface area (Å²) in [6.07, 6.45) is 4.91. The number of nitrogens with two attached hydrogens (primary N) is 1. The number of anilines is 1. The molecule has 0 bridgehead atoms. The summed E-state index contributed by atoms with van der Waals surface area (Å²) in [5.74, 6) is 0.0226. The minimum atomic E-state index is -0.712. The van der Waals surface area contributed by atoms with Gasteiger partial charge < -0.3 is 16.0 Å². The van der Waals surface area contributed by atoms with E-state index < -0.39 is 6.03 Å². The summed E-state index contributed by atoms with van der Waals surface area (Å²) in [6.45, 7) is 0. The predicted molar refractivity (Wildman–Crippen MR) is 124 cm³/mol. The van der Waals surface area contributed by atoms with Gasteiger partial charge >= 0.3 is 6.03 Å². The van der Waals surface area contributed by atoms with Crippen LogP contribution in [0.3, 0.4) is 0 Å². The zero-order valence-corrected chi connectivity index (χ0v) is 17.1. The second-order valence-corrected chi connectivity index (χ2v) is 7.34. The number of primary amides is 1. The van der Waals surface area contributed by atoms with Crippen LogP contribution in [0, 0.1) is 5.82 Å². The molecular weight excluding hydrogens is 423 g/mol. The highest BCUT2D eigenvalue weighted by molar-refractivity contribution is 5.88. The lowest BCUT2D eigenvalue weighted by Gasteiger charge is -2.13. The van der Waals surface area contributed by atoms with Gasteiger partial charge in [0.25, 0.3) is 5.56 Å². The fourth-order valence-corrected chi connectivity index (χ4v) is 3.60. The molecule has 8 nitrogen and oxygen atoms in total. The summed E-state index contributed by atoms with van der Waals surface area (Å²) in [5.41, 5.74) is 8.93. The number of nitrogens with one attached hydrogen (secondary N) is 2. The van der Waals surface area contributed by atoms with Gasteiger partial charge in [0.1, 0.15) is 11.6 Å². The number of carbonyl (C=O) groups excluding carboxylic acids is 1. The number of benzene rings is 2. The number of rotatable bonds is 4. The molecule has 0 fully saturated rings. The summed E-state index contributed by atoms with van der Waals surface area (Å²) in [6, 6.07) is 15.5. The Hall–Kier alpha value is -4.79. The Labute approximate surface area is 186 Å². The molecule has 0 saturated heterocycles. The number of aromatic nitrogens is 4. The number of halogens is 1. The maximum absolute atomic E-state index is 13.5. The number of hydrogen-bond donors (Lipinski definition) is 3. The van der Waals surface area contributed by atoms with Gasteiger partial charge in [-0.25, -0.2) is 14.2 Å². The van der Waals surface area contributed by atoms with Crippen LogP contribution >= 0.6 is 0 Å². The van der Waals surface area contributed by atoms with Crippen LogP contribution < -0.4 is 16.6 Å². The summed E-state index contributed by atoms with van der Waals surface area (Å²) in [5, 5.41) is 2.51. The monoisotopic (exact) mass is 440 g/mol. The van der Waals surface area contributed by atoms with Crippen molar-refractivity contribution in [3.05, 3.63) is 95.4 Å². The zero-order valence-electron chi connectivity index (χ0n) is 17.1. The Balaban J connectivity index is 1.74. The fraction of sp³-hybridized carbons (Fsp3) is 0. The van der Waals surface area contributed by atoms with E-state index >= 15 is 0 Å². The molecule has 9 heteroatoms. The summed E-state index contributed by atoms with van der Waals surface area (Å²) in [4.78, 5) is 36.6. The van der Waals surface area contributed by atoms with E-state index in [-0.39, 0.29) is 11.4 Å². The number of aromatic amines is 1. The van der Waals surface area contributed by atoms with Gasteiger partial charge in [0.15, 0.2) is 0 Å². The summed E-state index contributed by atoms with van der Waals surface area (Å²) >= 11 is 0. The molecular formula is C24H17FN6O2. The van der Waals surface area contributed by atoms with Crippen molar-refractivity contribution in [2.24, 2.45) is 5.73 Å². The topological polar surface area (TPSA) is 119 Å². The fourth-order valence-electron chi connectivity index (χ4n) is 3.60. The third kappa shape index (κ3) is 3.94. The van der Waals surface area contributed by atoms with Crippen LogP contribution in [0.2, 0.25) is 0 Å². The van der Waals surface area contributed by atoms with Crippen molar-refractivity contribution in [2.75, 3.05) is 5.32 Å². The van der Waals surface area contributed by atoms with Crippen LogP contribution in [0.1, 0.15) is 0 Å². The van der Waals surface area contributed by atoms with Crippen LogP contribution in [0.4, 0.5) is 14.9 Å². The predicted octanol–water partition coefficient (Wildman–Crippen LogP) is 4.07. The number of carbonyl (C=O) groups is 1. The molecule has 0 saturated carbocycles. The largest absolute Gasteiger partial charge is 0.351 e. The highest BCUT2D eigenvalue weighted by atomic mass is 19.1. The Morgan fingerprint density at radius 1 is 1.06 bits per heavy atom. The molecule has 3 heterocycles. The van der Waals surface area contributed by atoms with Crippen molar-refractivity contribution in [3.8, 4) is 28.2 Å². The van der Waals surface area contributed by atoms with Crippen LogP contribution in [0.15, 0.2) is 84.0 Å². The maximum atomic E-state index is 13.5. The van der Waals surface area contributed by atoms with Crippen LogP contribution in [-0.2, 0) is 0 Å². The number of pyridine rings is 2. The molecule has 162 valence electrons. The number of H-pyrrole nitrogens is 1.